The molecule has 1 aliphatic heterocycles. The van der Waals surface area contributed by atoms with Crippen LogP contribution in [0.15, 0.2) is 0 Å². The Labute approximate surface area is 172 Å². The third kappa shape index (κ3) is 15.4. The van der Waals surface area contributed by atoms with Crippen molar-refractivity contribution in [2.24, 2.45) is 0 Å². The van der Waals surface area contributed by atoms with Gasteiger partial charge in [-0.05, 0) is 19.4 Å². The molecule has 1 rings (SSSR count). The van der Waals surface area contributed by atoms with E-state index in [1.807, 2.05) is 14.7 Å². The Balaban J connectivity index is 2.65. The van der Waals surface area contributed by atoms with Gasteiger partial charge in [0.25, 0.3) is 0 Å². The maximum absolute atomic E-state index is 10.9. The zero-order valence-corrected chi connectivity index (χ0v) is 18.9. The summed E-state index contributed by atoms with van der Waals surface area (Å²) in [7, 11) is -8.07. The molecule has 0 aromatic rings. The first-order valence-corrected chi connectivity index (χ1v) is 12.5. The number of nitrogens with zero attached hydrogens (tertiary/aromatic N) is 3. The van der Waals surface area contributed by atoms with E-state index in [1.54, 1.807) is 0 Å². The maximum atomic E-state index is 10.9. The van der Waals surface area contributed by atoms with E-state index in [-0.39, 0.29) is 20.2 Å². The topological polar surface area (TPSA) is 161 Å². The van der Waals surface area contributed by atoms with E-state index in [4.69, 9.17) is 28.3 Å². The molecule has 1 aliphatic rings. The van der Waals surface area contributed by atoms with Crippen LogP contribution < -0.4 is 5.32 Å². The highest BCUT2D eigenvalue weighted by atomic mass is 31.1. The molecule has 0 spiro atoms. The standard InChI is InChI=1S/C13H27N4O9P3/c18-27(19)24-11-15-6-2-7-17(13-26-29(22)23)10-9-16(12-25-28(20)21)5-1-3-14-4-8-15/h14H,1-13H2/p+3. The fourth-order valence-electron chi connectivity index (χ4n) is 2.71. The fourth-order valence-corrected chi connectivity index (χ4v) is 3.49. The summed E-state index contributed by atoms with van der Waals surface area (Å²) >= 11 is 0. The Morgan fingerprint density at radius 3 is 1.48 bits per heavy atom. The quantitative estimate of drug-likeness (QED) is 0.331. The van der Waals surface area contributed by atoms with Crippen molar-refractivity contribution in [3.05, 3.63) is 0 Å². The molecule has 0 amide bonds. The van der Waals surface area contributed by atoms with Crippen LogP contribution in [0.25, 0.3) is 0 Å². The monoisotopic (exact) mass is 479 g/mol. The fraction of sp³-hybridized carbons (Fsp3) is 1.00. The van der Waals surface area contributed by atoms with Gasteiger partial charge in [-0.25, -0.2) is 0 Å². The van der Waals surface area contributed by atoms with E-state index in [9.17, 15) is 13.7 Å². The van der Waals surface area contributed by atoms with Crippen LogP contribution >= 0.6 is 24.8 Å². The third-order valence-electron chi connectivity index (χ3n) is 4.17. The molecule has 16 heteroatoms. The Hall–Kier alpha value is -0.100. The summed E-state index contributed by atoms with van der Waals surface area (Å²) in [6.45, 7) is 4.85. The molecular formula is C13H30N4O9P3+3. The van der Waals surface area contributed by atoms with Gasteiger partial charge in [0.05, 0.1) is 0 Å². The second kappa shape index (κ2) is 16.6. The third-order valence-corrected chi connectivity index (χ3v) is 5.18. The highest BCUT2D eigenvalue weighted by molar-refractivity contribution is 7.32. The molecule has 3 atom stereocenters. The van der Waals surface area contributed by atoms with E-state index in [2.05, 4.69) is 5.32 Å². The lowest BCUT2D eigenvalue weighted by atomic mass is 10.3. The van der Waals surface area contributed by atoms with Crippen molar-refractivity contribution in [2.45, 2.75) is 12.8 Å². The number of hydrogen-bond donors (Lipinski definition) is 4. The summed E-state index contributed by atoms with van der Waals surface area (Å²) < 4.78 is 46.9. The van der Waals surface area contributed by atoms with Gasteiger partial charge in [0.1, 0.15) is 0 Å². The molecule has 1 saturated heterocycles. The average molecular weight is 479 g/mol. The Morgan fingerprint density at radius 1 is 0.621 bits per heavy atom. The summed E-state index contributed by atoms with van der Waals surface area (Å²) in [5, 5.41) is 3.29. The smallest absolute Gasteiger partial charge is 0.315 e. The lowest BCUT2D eigenvalue weighted by Gasteiger charge is -2.26. The van der Waals surface area contributed by atoms with Crippen molar-refractivity contribution >= 4 is 24.8 Å². The molecule has 0 radical (unpaired) electrons. The van der Waals surface area contributed by atoms with Crippen molar-refractivity contribution in [3.8, 4) is 0 Å². The number of hydrogen-bond acceptors (Lipinski definition) is 10. The minimum Gasteiger partial charge on any atom is -0.315 e. The van der Waals surface area contributed by atoms with Crippen molar-refractivity contribution in [2.75, 3.05) is 72.6 Å². The average Bonchev–Trinajstić information content (AvgIpc) is 2.65. The lowest BCUT2D eigenvalue weighted by molar-refractivity contribution is 0.0693. The SMILES string of the molecule is O=[P+](O)OCN1CCCN(CO[P+](=O)O)CCN(CO[P+](=O)O)CCCNCC1. The van der Waals surface area contributed by atoms with E-state index in [0.29, 0.717) is 52.2 Å². The van der Waals surface area contributed by atoms with Crippen molar-refractivity contribution in [1.82, 2.24) is 20.0 Å². The van der Waals surface area contributed by atoms with Gasteiger partial charge in [-0.2, -0.15) is 0 Å². The van der Waals surface area contributed by atoms with Crippen LogP contribution in [0, 0.1) is 0 Å². The van der Waals surface area contributed by atoms with Gasteiger partial charge in [-0.15, -0.1) is 28.3 Å². The summed E-state index contributed by atoms with van der Waals surface area (Å²) in [6, 6.07) is 0. The van der Waals surface area contributed by atoms with Crippen LogP contribution in [0.4, 0.5) is 0 Å². The molecule has 0 aliphatic carbocycles. The molecule has 0 aromatic carbocycles. The van der Waals surface area contributed by atoms with Crippen molar-refractivity contribution in [1.29, 1.82) is 0 Å². The molecule has 0 saturated carbocycles. The highest BCUT2D eigenvalue weighted by Gasteiger charge is 2.21. The summed E-state index contributed by atoms with van der Waals surface area (Å²) in [4.78, 5) is 32.3. The van der Waals surface area contributed by atoms with Gasteiger partial charge < -0.3 is 5.32 Å². The van der Waals surface area contributed by atoms with Crippen LogP contribution in [-0.2, 0) is 27.3 Å². The van der Waals surface area contributed by atoms with Gasteiger partial charge in [0.15, 0.2) is 20.2 Å². The molecule has 168 valence electrons. The van der Waals surface area contributed by atoms with E-state index < -0.39 is 24.8 Å². The second-order valence-corrected chi connectivity index (χ2v) is 8.50. The largest absolute Gasteiger partial charge is 0.696 e. The summed E-state index contributed by atoms with van der Waals surface area (Å²) in [6.07, 6.45) is 1.46. The minimum absolute atomic E-state index is 0.0130. The molecule has 0 aromatic heterocycles. The van der Waals surface area contributed by atoms with Crippen LogP contribution in [-0.4, -0.2) is 102 Å². The van der Waals surface area contributed by atoms with E-state index in [1.165, 1.54) is 0 Å². The first-order chi connectivity index (χ1) is 13.9. The predicted molar refractivity (Wildman–Crippen MR) is 104 cm³/mol. The first kappa shape index (κ1) is 26.9. The van der Waals surface area contributed by atoms with Crippen LogP contribution in [0.1, 0.15) is 12.8 Å². The van der Waals surface area contributed by atoms with Gasteiger partial charge in [-0.3, -0.25) is 14.7 Å². The molecule has 1 heterocycles. The maximum Gasteiger partial charge on any atom is 0.696 e. The van der Waals surface area contributed by atoms with E-state index >= 15 is 0 Å². The van der Waals surface area contributed by atoms with Crippen molar-refractivity contribution < 1.29 is 41.9 Å². The molecule has 29 heavy (non-hydrogen) atoms. The zero-order chi connectivity index (χ0) is 21.5. The van der Waals surface area contributed by atoms with Gasteiger partial charge in [0.2, 0.25) is 0 Å². The number of rotatable bonds is 9. The molecule has 13 nitrogen and oxygen atoms in total. The highest BCUT2D eigenvalue weighted by Crippen LogP contribution is 2.17. The van der Waals surface area contributed by atoms with Gasteiger partial charge >= 0.3 is 24.8 Å². The zero-order valence-electron chi connectivity index (χ0n) is 16.2. The minimum atomic E-state index is -2.72. The molecule has 1 fully saturated rings. The summed E-state index contributed by atoms with van der Waals surface area (Å²) in [5.74, 6) is 0. The van der Waals surface area contributed by atoms with Crippen LogP contribution in [0.5, 0.6) is 0 Å². The summed E-state index contributed by atoms with van der Waals surface area (Å²) in [5.41, 5.74) is 0. The normalized spacial score (nSPS) is 21.4. The van der Waals surface area contributed by atoms with E-state index in [0.717, 1.165) is 13.0 Å². The Kier molecular flexibility index (Phi) is 15.4. The van der Waals surface area contributed by atoms with Crippen LogP contribution in [0.3, 0.4) is 0 Å². The molecule has 3 unspecified atom stereocenters. The van der Waals surface area contributed by atoms with Gasteiger partial charge in [-0.1, -0.05) is 0 Å². The van der Waals surface area contributed by atoms with Gasteiger partial charge in [0, 0.05) is 59.5 Å². The lowest BCUT2D eigenvalue weighted by Crippen LogP contribution is -2.41. The van der Waals surface area contributed by atoms with Crippen LogP contribution in [0.2, 0.25) is 0 Å². The Morgan fingerprint density at radius 2 is 1.03 bits per heavy atom. The Bertz CT molecular complexity index is 520. The molecule has 4 N–H and O–H groups in total. The first-order valence-electron chi connectivity index (χ1n) is 9.11. The predicted octanol–water partition coefficient (Wildman–Crippen LogP) is 0.147. The molecular weight excluding hydrogens is 449 g/mol. The van der Waals surface area contributed by atoms with Crippen molar-refractivity contribution in [3.63, 3.8) is 0 Å². The number of nitrogens with one attached hydrogen (secondary N) is 1. The molecule has 0 bridgehead atoms. The second-order valence-electron chi connectivity index (χ2n) is 6.30.